The summed E-state index contributed by atoms with van der Waals surface area (Å²) < 4.78 is 0. The molecule has 0 spiro atoms. The van der Waals surface area contributed by atoms with Crippen LogP contribution in [0.25, 0.3) is 0 Å². The van der Waals surface area contributed by atoms with E-state index in [1.165, 1.54) is 0 Å². The molecule has 1 aliphatic carbocycles. The molecule has 3 nitrogen and oxygen atoms in total. The lowest BCUT2D eigenvalue weighted by Crippen LogP contribution is -2.45. The quantitative estimate of drug-likeness (QED) is 0.883. The number of carbonyl (C=O) groups excluding carboxylic acids is 1. The standard InChI is InChI=1S/C14H18ClNO2/c15-11-6-2-1-5-10(11)9-14(18)16-12-7-3-4-8-13(12)17/h1-2,5-6,12-13,17H,3-4,7-9H2,(H,16,18). The first kappa shape index (κ1) is 13.4. The Labute approximate surface area is 112 Å². The minimum Gasteiger partial charge on any atom is -0.391 e. The van der Waals surface area contributed by atoms with Gasteiger partial charge in [-0.05, 0) is 24.5 Å². The van der Waals surface area contributed by atoms with Crippen LogP contribution in [0.2, 0.25) is 5.02 Å². The number of halogens is 1. The number of amides is 1. The van der Waals surface area contributed by atoms with E-state index < -0.39 is 6.10 Å². The van der Waals surface area contributed by atoms with Gasteiger partial charge in [-0.25, -0.2) is 0 Å². The minimum atomic E-state index is -0.408. The van der Waals surface area contributed by atoms with Crippen LogP contribution in [0.15, 0.2) is 24.3 Å². The van der Waals surface area contributed by atoms with Gasteiger partial charge in [0.15, 0.2) is 0 Å². The normalized spacial score (nSPS) is 23.7. The van der Waals surface area contributed by atoms with Crippen LogP contribution in [0, 0.1) is 0 Å². The number of nitrogens with one attached hydrogen (secondary N) is 1. The Morgan fingerprint density at radius 1 is 1.33 bits per heavy atom. The van der Waals surface area contributed by atoms with Crippen LogP contribution in [-0.4, -0.2) is 23.2 Å². The van der Waals surface area contributed by atoms with E-state index in [9.17, 15) is 9.90 Å². The molecule has 0 radical (unpaired) electrons. The number of benzene rings is 1. The van der Waals surface area contributed by atoms with Crippen LogP contribution in [-0.2, 0) is 11.2 Å². The van der Waals surface area contributed by atoms with E-state index in [-0.39, 0.29) is 18.4 Å². The third-order valence-electron chi connectivity index (χ3n) is 3.38. The van der Waals surface area contributed by atoms with Crippen molar-refractivity contribution in [3.8, 4) is 0 Å². The average Bonchev–Trinajstić information content (AvgIpc) is 2.35. The van der Waals surface area contributed by atoms with Gasteiger partial charge in [0.2, 0.25) is 5.91 Å². The Kier molecular flexibility index (Phi) is 4.61. The topological polar surface area (TPSA) is 49.3 Å². The third-order valence-corrected chi connectivity index (χ3v) is 3.75. The van der Waals surface area contributed by atoms with Gasteiger partial charge in [0.05, 0.1) is 18.6 Å². The summed E-state index contributed by atoms with van der Waals surface area (Å²) in [7, 11) is 0. The van der Waals surface area contributed by atoms with Crippen molar-refractivity contribution in [2.45, 2.75) is 44.2 Å². The zero-order chi connectivity index (χ0) is 13.0. The smallest absolute Gasteiger partial charge is 0.224 e. The highest BCUT2D eigenvalue weighted by Crippen LogP contribution is 2.19. The minimum absolute atomic E-state index is 0.0750. The second-order valence-electron chi connectivity index (χ2n) is 4.79. The summed E-state index contributed by atoms with van der Waals surface area (Å²) in [6, 6.07) is 7.23. The van der Waals surface area contributed by atoms with Gasteiger partial charge in [-0.15, -0.1) is 0 Å². The summed E-state index contributed by atoms with van der Waals surface area (Å²) in [5, 5.41) is 13.3. The fourth-order valence-corrected chi connectivity index (χ4v) is 2.55. The van der Waals surface area contributed by atoms with Crippen molar-refractivity contribution in [1.29, 1.82) is 0 Å². The summed E-state index contributed by atoms with van der Waals surface area (Å²) in [5.74, 6) is -0.0750. The molecular weight excluding hydrogens is 250 g/mol. The number of hydrogen-bond acceptors (Lipinski definition) is 2. The Bertz CT molecular complexity index is 422. The zero-order valence-corrected chi connectivity index (χ0v) is 11.0. The van der Waals surface area contributed by atoms with E-state index in [2.05, 4.69) is 5.32 Å². The number of rotatable bonds is 3. The molecule has 0 saturated heterocycles. The van der Waals surface area contributed by atoms with Crippen LogP contribution in [0.4, 0.5) is 0 Å². The van der Waals surface area contributed by atoms with Gasteiger partial charge >= 0.3 is 0 Å². The number of hydrogen-bond donors (Lipinski definition) is 2. The van der Waals surface area contributed by atoms with Gasteiger partial charge in [0.25, 0.3) is 0 Å². The molecule has 2 atom stereocenters. The van der Waals surface area contributed by atoms with E-state index in [1.807, 2.05) is 18.2 Å². The summed E-state index contributed by atoms with van der Waals surface area (Å²) in [6.07, 6.45) is 3.59. The number of carbonyl (C=O) groups is 1. The first-order valence-electron chi connectivity index (χ1n) is 6.37. The molecule has 2 rings (SSSR count). The van der Waals surface area contributed by atoms with Gasteiger partial charge in [-0.1, -0.05) is 42.6 Å². The summed E-state index contributed by atoms with van der Waals surface area (Å²) in [5.41, 5.74) is 0.821. The lowest BCUT2D eigenvalue weighted by molar-refractivity contribution is -0.122. The van der Waals surface area contributed by atoms with Crippen LogP contribution < -0.4 is 5.32 Å². The lowest BCUT2D eigenvalue weighted by Gasteiger charge is -2.28. The largest absolute Gasteiger partial charge is 0.391 e. The van der Waals surface area contributed by atoms with E-state index in [4.69, 9.17) is 11.6 Å². The van der Waals surface area contributed by atoms with Crippen LogP contribution in [0.1, 0.15) is 31.2 Å². The highest BCUT2D eigenvalue weighted by molar-refractivity contribution is 6.31. The van der Waals surface area contributed by atoms with Crippen molar-refractivity contribution in [1.82, 2.24) is 5.32 Å². The summed E-state index contributed by atoms with van der Waals surface area (Å²) >= 11 is 6.01. The van der Waals surface area contributed by atoms with Crippen molar-refractivity contribution in [3.05, 3.63) is 34.9 Å². The first-order chi connectivity index (χ1) is 8.66. The molecule has 1 aromatic carbocycles. The zero-order valence-electron chi connectivity index (χ0n) is 10.2. The van der Waals surface area contributed by atoms with E-state index in [1.54, 1.807) is 6.07 Å². The average molecular weight is 268 g/mol. The maximum atomic E-state index is 11.9. The molecule has 2 unspecified atom stereocenters. The van der Waals surface area contributed by atoms with Crippen LogP contribution >= 0.6 is 11.6 Å². The van der Waals surface area contributed by atoms with Gasteiger partial charge in [-0.2, -0.15) is 0 Å². The summed E-state index contributed by atoms with van der Waals surface area (Å²) in [6.45, 7) is 0. The lowest BCUT2D eigenvalue weighted by atomic mass is 9.92. The fraction of sp³-hybridized carbons (Fsp3) is 0.500. The molecule has 1 aliphatic rings. The van der Waals surface area contributed by atoms with Crippen molar-refractivity contribution >= 4 is 17.5 Å². The molecule has 4 heteroatoms. The van der Waals surface area contributed by atoms with E-state index >= 15 is 0 Å². The Balaban J connectivity index is 1.90. The third kappa shape index (κ3) is 3.47. The van der Waals surface area contributed by atoms with Crippen molar-refractivity contribution in [2.75, 3.05) is 0 Å². The van der Waals surface area contributed by atoms with Gasteiger partial charge in [0, 0.05) is 5.02 Å². The molecule has 2 N–H and O–H groups in total. The first-order valence-corrected chi connectivity index (χ1v) is 6.75. The molecule has 0 heterocycles. The molecule has 1 aromatic rings. The Morgan fingerprint density at radius 2 is 2.06 bits per heavy atom. The predicted molar refractivity (Wildman–Crippen MR) is 71.6 cm³/mol. The fourth-order valence-electron chi connectivity index (χ4n) is 2.35. The highest BCUT2D eigenvalue weighted by atomic mass is 35.5. The molecule has 1 saturated carbocycles. The van der Waals surface area contributed by atoms with Gasteiger partial charge in [-0.3, -0.25) is 4.79 Å². The maximum absolute atomic E-state index is 11.9. The molecule has 1 amide bonds. The molecular formula is C14H18ClNO2. The van der Waals surface area contributed by atoms with E-state index in [0.717, 1.165) is 31.2 Å². The van der Waals surface area contributed by atoms with Crippen molar-refractivity contribution in [3.63, 3.8) is 0 Å². The monoisotopic (exact) mass is 267 g/mol. The molecule has 98 valence electrons. The van der Waals surface area contributed by atoms with Gasteiger partial charge in [0.1, 0.15) is 0 Å². The van der Waals surface area contributed by atoms with Crippen molar-refractivity contribution < 1.29 is 9.90 Å². The number of aliphatic hydroxyl groups is 1. The molecule has 18 heavy (non-hydrogen) atoms. The Hall–Kier alpha value is -1.06. The predicted octanol–water partition coefficient (Wildman–Crippen LogP) is 2.30. The second kappa shape index (κ2) is 6.21. The van der Waals surface area contributed by atoms with Crippen LogP contribution in [0.5, 0.6) is 0 Å². The Morgan fingerprint density at radius 3 is 2.78 bits per heavy atom. The van der Waals surface area contributed by atoms with Crippen molar-refractivity contribution in [2.24, 2.45) is 0 Å². The molecule has 0 aliphatic heterocycles. The highest BCUT2D eigenvalue weighted by Gasteiger charge is 2.24. The summed E-state index contributed by atoms with van der Waals surface area (Å²) in [4.78, 5) is 11.9. The maximum Gasteiger partial charge on any atom is 0.224 e. The van der Waals surface area contributed by atoms with E-state index in [0.29, 0.717) is 5.02 Å². The van der Waals surface area contributed by atoms with Gasteiger partial charge < -0.3 is 10.4 Å². The molecule has 0 aromatic heterocycles. The molecule has 0 bridgehead atoms. The van der Waals surface area contributed by atoms with Crippen LogP contribution in [0.3, 0.4) is 0 Å². The SMILES string of the molecule is O=C(Cc1ccccc1Cl)NC1CCCCC1O. The number of aliphatic hydroxyl groups excluding tert-OH is 1. The molecule has 1 fully saturated rings. The second-order valence-corrected chi connectivity index (χ2v) is 5.20.